The Bertz CT molecular complexity index is 1170. The molecule has 0 atom stereocenters. The summed E-state index contributed by atoms with van der Waals surface area (Å²) in [6, 6.07) is 14.6. The Balaban J connectivity index is 2.11. The van der Waals surface area contributed by atoms with Gasteiger partial charge in [-0.2, -0.15) is 5.26 Å². The van der Waals surface area contributed by atoms with Crippen molar-refractivity contribution in [3.05, 3.63) is 70.5 Å². The molecule has 0 saturated carbocycles. The van der Waals surface area contributed by atoms with Gasteiger partial charge in [-0.1, -0.05) is 35.3 Å². The van der Waals surface area contributed by atoms with Crippen LogP contribution in [0.4, 0.5) is 5.82 Å². The summed E-state index contributed by atoms with van der Waals surface area (Å²) in [6.07, 6.45) is 3.45. The highest BCUT2D eigenvalue weighted by Gasteiger charge is 2.18. The number of halogens is 2. The zero-order valence-corrected chi connectivity index (χ0v) is 14.8. The van der Waals surface area contributed by atoms with Crippen molar-refractivity contribution < 1.29 is 0 Å². The molecule has 126 valence electrons. The number of hydrogen-bond donors (Lipinski definition) is 1. The molecule has 5 nitrogen and oxygen atoms in total. The highest BCUT2D eigenvalue weighted by molar-refractivity contribution is 6.35. The molecular weight excluding hydrogens is 369 g/mol. The molecule has 2 aromatic carbocycles. The van der Waals surface area contributed by atoms with Crippen molar-refractivity contribution in [2.75, 3.05) is 5.73 Å². The molecule has 0 amide bonds. The smallest absolute Gasteiger partial charge is 0.180 e. The maximum atomic E-state index is 9.22. The van der Waals surface area contributed by atoms with Gasteiger partial charge in [0.1, 0.15) is 0 Å². The fourth-order valence-electron chi connectivity index (χ4n) is 2.91. The van der Waals surface area contributed by atoms with E-state index in [-0.39, 0.29) is 0 Å². The van der Waals surface area contributed by atoms with Crippen LogP contribution in [0.25, 0.3) is 28.2 Å². The lowest BCUT2D eigenvalue weighted by Gasteiger charge is -2.14. The number of nitrogen functional groups attached to an aromatic ring is 1. The van der Waals surface area contributed by atoms with E-state index in [2.05, 4.69) is 16.0 Å². The molecule has 0 fully saturated rings. The molecule has 0 unspecified atom stereocenters. The molecule has 0 aliphatic rings. The van der Waals surface area contributed by atoms with Crippen LogP contribution in [0.3, 0.4) is 0 Å². The van der Waals surface area contributed by atoms with Gasteiger partial charge in [0.25, 0.3) is 0 Å². The minimum absolute atomic E-state index is 0.296. The lowest BCUT2D eigenvalue weighted by atomic mass is 10.0. The summed E-state index contributed by atoms with van der Waals surface area (Å²) in [5, 5.41) is 10.2. The van der Waals surface area contributed by atoms with Crippen LogP contribution in [-0.2, 0) is 0 Å². The summed E-state index contributed by atoms with van der Waals surface area (Å²) >= 11 is 12.4. The lowest BCUT2D eigenvalue weighted by molar-refractivity contribution is 1.14. The minimum Gasteiger partial charge on any atom is -0.381 e. The number of fused-ring (bicyclic) bond motifs is 1. The molecule has 2 aromatic heterocycles. The number of benzene rings is 2. The van der Waals surface area contributed by atoms with E-state index in [1.807, 2.05) is 10.5 Å². The Morgan fingerprint density at radius 2 is 1.81 bits per heavy atom. The van der Waals surface area contributed by atoms with E-state index >= 15 is 0 Å². The SMILES string of the molecule is N#Cc1cccc(-c2nc(N)c3nccn3c2-c2cc(Cl)cc(Cl)c2)c1. The van der Waals surface area contributed by atoms with E-state index in [9.17, 15) is 5.26 Å². The number of aromatic nitrogens is 3. The summed E-state index contributed by atoms with van der Waals surface area (Å²) in [5.41, 5.74) is 10.1. The molecule has 4 rings (SSSR count). The molecule has 0 radical (unpaired) electrons. The van der Waals surface area contributed by atoms with Gasteiger partial charge in [-0.3, -0.25) is 4.40 Å². The van der Waals surface area contributed by atoms with Crippen molar-refractivity contribution >= 4 is 34.7 Å². The van der Waals surface area contributed by atoms with Gasteiger partial charge in [-0.15, -0.1) is 0 Å². The third-order valence-electron chi connectivity index (χ3n) is 3.97. The number of nitriles is 1. The Morgan fingerprint density at radius 1 is 1.04 bits per heavy atom. The molecule has 0 spiro atoms. The number of nitrogens with zero attached hydrogens (tertiary/aromatic N) is 4. The Labute approximate surface area is 159 Å². The maximum absolute atomic E-state index is 9.22. The van der Waals surface area contributed by atoms with Crippen molar-refractivity contribution in [3.63, 3.8) is 0 Å². The van der Waals surface area contributed by atoms with Crippen molar-refractivity contribution in [1.29, 1.82) is 5.26 Å². The van der Waals surface area contributed by atoms with Gasteiger partial charge >= 0.3 is 0 Å². The first-order valence-corrected chi connectivity index (χ1v) is 8.42. The van der Waals surface area contributed by atoms with E-state index < -0.39 is 0 Å². The van der Waals surface area contributed by atoms with Crippen LogP contribution in [0.2, 0.25) is 10.0 Å². The second kappa shape index (κ2) is 6.34. The summed E-state index contributed by atoms with van der Waals surface area (Å²) in [7, 11) is 0. The van der Waals surface area contributed by atoms with Crippen LogP contribution in [0.15, 0.2) is 54.9 Å². The van der Waals surface area contributed by atoms with Crippen molar-refractivity contribution in [2.24, 2.45) is 0 Å². The van der Waals surface area contributed by atoms with E-state index in [0.29, 0.717) is 32.8 Å². The van der Waals surface area contributed by atoms with Crippen molar-refractivity contribution in [1.82, 2.24) is 14.4 Å². The highest BCUT2D eigenvalue weighted by Crippen LogP contribution is 2.35. The fraction of sp³-hybridized carbons (Fsp3) is 0. The van der Waals surface area contributed by atoms with Crippen molar-refractivity contribution in [3.8, 4) is 28.6 Å². The van der Waals surface area contributed by atoms with Crippen molar-refractivity contribution in [2.45, 2.75) is 0 Å². The van der Waals surface area contributed by atoms with Gasteiger partial charge in [-0.05, 0) is 30.3 Å². The zero-order valence-electron chi connectivity index (χ0n) is 13.3. The molecule has 26 heavy (non-hydrogen) atoms. The van der Waals surface area contributed by atoms with E-state index in [1.54, 1.807) is 48.8 Å². The van der Waals surface area contributed by atoms with E-state index in [1.165, 1.54) is 0 Å². The van der Waals surface area contributed by atoms with Crippen LogP contribution in [0, 0.1) is 11.3 Å². The molecule has 2 heterocycles. The van der Waals surface area contributed by atoms with Gasteiger partial charge in [0.05, 0.1) is 23.0 Å². The van der Waals surface area contributed by atoms with Crippen LogP contribution in [-0.4, -0.2) is 14.4 Å². The van der Waals surface area contributed by atoms with E-state index in [4.69, 9.17) is 28.9 Å². The van der Waals surface area contributed by atoms with Gasteiger partial charge in [0, 0.05) is 33.6 Å². The summed E-state index contributed by atoms with van der Waals surface area (Å²) in [5.74, 6) is 0.296. The molecule has 0 bridgehead atoms. The summed E-state index contributed by atoms with van der Waals surface area (Å²) < 4.78 is 1.85. The first-order chi connectivity index (χ1) is 12.6. The van der Waals surface area contributed by atoms with Gasteiger partial charge in [0.2, 0.25) is 0 Å². The predicted octanol–water partition coefficient (Wildman–Crippen LogP) is 4.82. The number of nitrogens with two attached hydrogens (primary N) is 1. The van der Waals surface area contributed by atoms with Crippen LogP contribution < -0.4 is 5.73 Å². The van der Waals surface area contributed by atoms with Crippen LogP contribution >= 0.6 is 23.2 Å². The minimum atomic E-state index is 0.296. The molecule has 0 aliphatic heterocycles. The number of anilines is 1. The molecule has 2 N–H and O–H groups in total. The average molecular weight is 380 g/mol. The average Bonchev–Trinajstić information content (AvgIpc) is 3.11. The standard InChI is InChI=1S/C19H11Cl2N5/c20-14-7-13(8-15(21)9-14)17-16(12-3-1-2-11(6-12)10-22)25-18(23)19-24-4-5-26(17)19/h1-9H,(H2,23,25). The highest BCUT2D eigenvalue weighted by atomic mass is 35.5. The van der Waals surface area contributed by atoms with Gasteiger partial charge < -0.3 is 5.73 Å². The normalized spacial score (nSPS) is 10.8. The third kappa shape index (κ3) is 2.76. The molecule has 0 aliphatic carbocycles. The Hall–Kier alpha value is -3.07. The molecule has 4 aromatic rings. The Morgan fingerprint density at radius 3 is 2.54 bits per heavy atom. The largest absolute Gasteiger partial charge is 0.381 e. The number of hydrogen-bond acceptors (Lipinski definition) is 4. The first-order valence-electron chi connectivity index (χ1n) is 7.66. The molecule has 0 saturated heterocycles. The summed E-state index contributed by atoms with van der Waals surface area (Å²) in [4.78, 5) is 8.83. The molecular formula is C19H11Cl2N5. The zero-order chi connectivity index (χ0) is 18.3. The lowest BCUT2D eigenvalue weighted by Crippen LogP contribution is -2.03. The second-order valence-corrected chi connectivity index (χ2v) is 6.54. The van der Waals surface area contributed by atoms with Gasteiger partial charge in [0.15, 0.2) is 11.5 Å². The van der Waals surface area contributed by atoms with Crippen LogP contribution in [0.1, 0.15) is 5.56 Å². The number of rotatable bonds is 2. The summed E-state index contributed by atoms with van der Waals surface area (Å²) in [6.45, 7) is 0. The monoisotopic (exact) mass is 379 g/mol. The third-order valence-corrected chi connectivity index (χ3v) is 4.40. The maximum Gasteiger partial charge on any atom is 0.180 e. The Kier molecular flexibility index (Phi) is 4.00. The predicted molar refractivity (Wildman–Crippen MR) is 103 cm³/mol. The van der Waals surface area contributed by atoms with Crippen LogP contribution in [0.5, 0.6) is 0 Å². The topological polar surface area (TPSA) is 80.0 Å². The molecule has 7 heteroatoms. The fourth-order valence-corrected chi connectivity index (χ4v) is 3.44. The quantitative estimate of drug-likeness (QED) is 0.541. The first kappa shape index (κ1) is 16.4. The van der Waals surface area contributed by atoms with E-state index in [0.717, 1.165) is 16.8 Å². The van der Waals surface area contributed by atoms with Gasteiger partial charge in [-0.25, -0.2) is 9.97 Å². The number of imidazole rings is 1. The second-order valence-electron chi connectivity index (χ2n) is 5.67.